The van der Waals surface area contributed by atoms with Crippen molar-refractivity contribution in [3.05, 3.63) is 0 Å². The SMILES string of the molecule is CN[C@H](C(C)C)N(C)C(=O)CCC(C)C. The Morgan fingerprint density at radius 2 is 1.80 bits per heavy atom. The van der Waals surface area contributed by atoms with Gasteiger partial charge < -0.3 is 10.2 Å². The van der Waals surface area contributed by atoms with E-state index in [1.165, 1.54) is 0 Å². The number of amides is 1. The molecular formula is C12H26N2O. The van der Waals surface area contributed by atoms with Crippen LogP contribution in [0, 0.1) is 11.8 Å². The van der Waals surface area contributed by atoms with Gasteiger partial charge >= 0.3 is 0 Å². The van der Waals surface area contributed by atoms with E-state index in [0.29, 0.717) is 18.3 Å². The molecular weight excluding hydrogens is 188 g/mol. The summed E-state index contributed by atoms with van der Waals surface area (Å²) in [6.45, 7) is 8.53. The summed E-state index contributed by atoms with van der Waals surface area (Å²) in [4.78, 5) is 13.7. The van der Waals surface area contributed by atoms with Crippen LogP contribution in [0.25, 0.3) is 0 Å². The Balaban J connectivity index is 4.16. The second-order valence-corrected chi connectivity index (χ2v) is 4.91. The average molecular weight is 214 g/mol. The van der Waals surface area contributed by atoms with E-state index < -0.39 is 0 Å². The van der Waals surface area contributed by atoms with Crippen LogP contribution in [0.15, 0.2) is 0 Å². The van der Waals surface area contributed by atoms with Gasteiger partial charge in [0.2, 0.25) is 5.91 Å². The second kappa shape index (κ2) is 6.83. The minimum absolute atomic E-state index is 0.143. The lowest BCUT2D eigenvalue weighted by Gasteiger charge is -2.31. The number of hydrogen-bond acceptors (Lipinski definition) is 2. The minimum Gasteiger partial charge on any atom is -0.330 e. The largest absolute Gasteiger partial charge is 0.330 e. The number of carbonyl (C=O) groups is 1. The second-order valence-electron chi connectivity index (χ2n) is 4.91. The zero-order valence-electron chi connectivity index (χ0n) is 11.0. The predicted molar refractivity (Wildman–Crippen MR) is 64.5 cm³/mol. The molecule has 1 amide bonds. The molecule has 0 fully saturated rings. The van der Waals surface area contributed by atoms with E-state index in [1.54, 1.807) is 0 Å². The Hall–Kier alpha value is -0.570. The van der Waals surface area contributed by atoms with Crippen molar-refractivity contribution in [1.29, 1.82) is 0 Å². The van der Waals surface area contributed by atoms with Crippen molar-refractivity contribution in [3.63, 3.8) is 0 Å². The van der Waals surface area contributed by atoms with Crippen molar-refractivity contribution in [2.45, 2.75) is 46.7 Å². The topological polar surface area (TPSA) is 32.3 Å². The van der Waals surface area contributed by atoms with Crippen molar-refractivity contribution in [2.24, 2.45) is 11.8 Å². The molecule has 0 rings (SSSR count). The smallest absolute Gasteiger partial charge is 0.223 e. The lowest BCUT2D eigenvalue weighted by Crippen LogP contribution is -2.48. The quantitative estimate of drug-likeness (QED) is 0.687. The molecule has 0 aliphatic rings. The van der Waals surface area contributed by atoms with Gasteiger partial charge in [-0.05, 0) is 25.3 Å². The van der Waals surface area contributed by atoms with E-state index in [1.807, 2.05) is 19.0 Å². The Kier molecular flexibility index (Phi) is 6.57. The summed E-state index contributed by atoms with van der Waals surface area (Å²) < 4.78 is 0. The highest BCUT2D eigenvalue weighted by Gasteiger charge is 2.20. The number of rotatable bonds is 6. The molecule has 90 valence electrons. The van der Waals surface area contributed by atoms with Gasteiger partial charge in [-0.2, -0.15) is 0 Å². The summed E-state index contributed by atoms with van der Waals surface area (Å²) in [7, 11) is 3.78. The first-order valence-electron chi connectivity index (χ1n) is 5.83. The lowest BCUT2D eigenvalue weighted by molar-refractivity contribution is -0.133. The van der Waals surface area contributed by atoms with Crippen molar-refractivity contribution in [3.8, 4) is 0 Å². The average Bonchev–Trinajstić information content (AvgIpc) is 2.14. The number of carbonyl (C=O) groups excluding carboxylic acids is 1. The van der Waals surface area contributed by atoms with E-state index in [9.17, 15) is 4.79 Å². The minimum atomic E-state index is 0.143. The highest BCUT2D eigenvalue weighted by Crippen LogP contribution is 2.10. The van der Waals surface area contributed by atoms with Crippen molar-refractivity contribution < 1.29 is 4.79 Å². The van der Waals surface area contributed by atoms with Crippen LogP contribution in [0.1, 0.15) is 40.5 Å². The van der Waals surface area contributed by atoms with E-state index in [2.05, 4.69) is 33.0 Å². The third kappa shape index (κ3) is 5.17. The Morgan fingerprint density at radius 3 is 2.13 bits per heavy atom. The highest BCUT2D eigenvalue weighted by atomic mass is 16.2. The maximum atomic E-state index is 11.8. The van der Waals surface area contributed by atoms with Crippen LogP contribution >= 0.6 is 0 Å². The van der Waals surface area contributed by atoms with E-state index >= 15 is 0 Å². The molecule has 0 aromatic carbocycles. The fraction of sp³-hybridized carbons (Fsp3) is 0.917. The zero-order chi connectivity index (χ0) is 12.0. The number of hydrogen-bond donors (Lipinski definition) is 1. The maximum Gasteiger partial charge on any atom is 0.223 e. The molecule has 0 radical (unpaired) electrons. The van der Waals surface area contributed by atoms with Gasteiger partial charge in [-0.1, -0.05) is 27.7 Å². The maximum absolute atomic E-state index is 11.8. The molecule has 0 aromatic rings. The highest BCUT2D eigenvalue weighted by molar-refractivity contribution is 5.76. The first kappa shape index (κ1) is 14.4. The molecule has 0 spiro atoms. The molecule has 1 N–H and O–H groups in total. The summed E-state index contributed by atoms with van der Waals surface area (Å²) in [5.41, 5.74) is 0. The van der Waals surface area contributed by atoms with Gasteiger partial charge in [0.05, 0.1) is 6.17 Å². The van der Waals surface area contributed by atoms with Crippen LogP contribution in [-0.2, 0) is 4.79 Å². The van der Waals surface area contributed by atoms with E-state index in [4.69, 9.17) is 0 Å². The normalized spacial score (nSPS) is 13.3. The van der Waals surface area contributed by atoms with Crippen LogP contribution in [0.2, 0.25) is 0 Å². The molecule has 3 nitrogen and oxygen atoms in total. The molecule has 0 bridgehead atoms. The zero-order valence-corrected chi connectivity index (χ0v) is 11.0. The fourth-order valence-electron chi connectivity index (χ4n) is 1.72. The third-order valence-electron chi connectivity index (χ3n) is 2.67. The molecule has 0 unspecified atom stereocenters. The van der Waals surface area contributed by atoms with Crippen molar-refractivity contribution >= 4 is 5.91 Å². The summed E-state index contributed by atoms with van der Waals surface area (Å²) in [5, 5.41) is 3.17. The molecule has 0 aliphatic carbocycles. The summed E-state index contributed by atoms with van der Waals surface area (Å²) in [5.74, 6) is 1.26. The van der Waals surface area contributed by atoms with Crippen LogP contribution < -0.4 is 5.32 Å². The Bertz CT molecular complexity index is 190. The molecule has 0 aliphatic heterocycles. The van der Waals surface area contributed by atoms with Gasteiger partial charge in [0.15, 0.2) is 0 Å². The number of nitrogens with zero attached hydrogens (tertiary/aromatic N) is 1. The molecule has 15 heavy (non-hydrogen) atoms. The van der Waals surface area contributed by atoms with Crippen molar-refractivity contribution in [1.82, 2.24) is 10.2 Å². The van der Waals surface area contributed by atoms with Gasteiger partial charge in [-0.15, -0.1) is 0 Å². The van der Waals surface area contributed by atoms with Crippen molar-refractivity contribution in [2.75, 3.05) is 14.1 Å². The lowest BCUT2D eigenvalue weighted by atomic mass is 10.1. The summed E-state index contributed by atoms with van der Waals surface area (Å²) in [6.07, 6.45) is 1.77. The van der Waals surface area contributed by atoms with Gasteiger partial charge in [-0.3, -0.25) is 4.79 Å². The molecule has 1 atom stereocenters. The van der Waals surface area contributed by atoms with Gasteiger partial charge in [-0.25, -0.2) is 0 Å². The summed E-state index contributed by atoms with van der Waals surface area (Å²) in [6, 6.07) is 0. The van der Waals surface area contributed by atoms with Gasteiger partial charge in [0, 0.05) is 13.5 Å². The van der Waals surface area contributed by atoms with Crippen LogP contribution in [0.3, 0.4) is 0 Å². The first-order valence-corrected chi connectivity index (χ1v) is 5.83. The van der Waals surface area contributed by atoms with Crippen LogP contribution in [0.4, 0.5) is 0 Å². The van der Waals surface area contributed by atoms with E-state index in [-0.39, 0.29) is 12.1 Å². The van der Waals surface area contributed by atoms with Gasteiger partial charge in [0.25, 0.3) is 0 Å². The Labute approximate surface area is 94.2 Å². The van der Waals surface area contributed by atoms with E-state index in [0.717, 1.165) is 6.42 Å². The molecule has 0 heterocycles. The monoisotopic (exact) mass is 214 g/mol. The van der Waals surface area contributed by atoms with Gasteiger partial charge in [0.1, 0.15) is 0 Å². The first-order chi connectivity index (χ1) is 6.90. The molecule has 0 saturated heterocycles. The third-order valence-corrected chi connectivity index (χ3v) is 2.67. The number of nitrogens with one attached hydrogen (secondary N) is 1. The molecule has 0 aromatic heterocycles. The van der Waals surface area contributed by atoms with Crippen LogP contribution in [-0.4, -0.2) is 31.1 Å². The van der Waals surface area contributed by atoms with Crippen LogP contribution in [0.5, 0.6) is 0 Å². The Morgan fingerprint density at radius 1 is 1.27 bits per heavy atom. The molecule has 0 saturated carbocycles. The predicted octanol–water partition coefficient (Wildman–Crippen LogP) is 2.08. The summed E-state index contributed by atoms with van der Waals surface area (Å²) >= 11 is 0. The molecule has 3 heteroatoms. The fourth-order valence-corrected chi connectivity index (χ4v) is 1.72. The standard InChI is InChI=1S/C12H26N2O/c1-9(2)7-8-11(15)14(6)12(13-5)10(3)4/h9-10,12-13H,7-8H2,1-6H3/t12-/m0/s1.